The maximum Gasteiger partial charge on any atom is 0.253 e. The number of rotatable bonds is 2. The number of hydrogen-bond donors (Lipinski definition) is 1. The van der Waals surface area contributed by atoms with E-state index in [1.54, 1.807) is 12.3 Å². The molecule has 1 N–H and O–H groups in total. The summed E-state index contributed by atoms with van der Waals surface area (Å²) in [5.41, 5.74) is 2.53. The first kappa shape index (κ1) is 14.3. The fourth-order valence-corrected chi connectivity index (χ4v) is 3.19. The maximum atomic E-state index is 13.3. The van der Waals surface area contributed by atoms with Crippen molar-refractivity contribution in [3.05, 3.63) is 51.5 Å². The zero-order valence-corrected chi connectivity index (χ0v) is 13.2. The lowest BCUT2D eigenvalue weighted by atomic mass is 9.93. The zero-order chi connectivity index (χ0) is 15.0. The van der Waals surface area contributed by atoms with Gasteiger partial charge in [-0.2, -0.15) is 5.10 Å². The number of fused-ring (bicyclic) bond motifs is 1. The Balaban J connectivity index is 1.84. The lowest BCUT2D eigenvalue weighted by Crippen LogP contribution is -2.31. The fraction of sp³-hybridized carbons (Fsp3) is 0.333. The molecule has 1 amide bonds. The summed E-state index contributed by atoms with van der Waals surface area (Å²) in [6, 6.07) is 4.04. The quantitative estimate of drug-likeness (QED) is 0.903. The molecule has 0 saturated heterocycles. The van der Waals surface area contributed by atoms with Crippen molar-refractivity contribution < 1.29 is 9.18 Å². The Bertz CT molecular complexity index is 698. The summed E-state index contributed by atoms with van der Waals surface area (Å²) in [5.74, 6) is -0.697. The Kier molecular flexibility index (Phi) is 3.80. The van der Waals surface area contributed by atoms with E-state index in [1.165, 1.54) is 12.1 Å². The average Bonchev–Trinajstić information content (AvgIpc) is 2.84. The van der Waals surface area contributed by atoms with Gasteiger partial charge in [-0.1, -0.05) is 0 Å². The molecule has 0 bridgehead atoms. The molecule has 0 saturated carbocycles. The molecule has 1 aliphatic carbocycles. The Morgan fingerprint density at radius 1 is 1.52 bits per heavy atom. The molecule has 1 aromatic carbocycles. The standard InChI is InChI=1S/C15H15BrFN3O/c1-20-14-4-2-3-13(11(14)8-18-20)19-15(21)10-7-9(17)5-6-12(10)16/h5-8,13H,2-4H2,1H3,(H,19,21). The van der Waals surface area contributed by atoms with Crippen LogP contribution in [0.4, 0.5) is 4.39 Å². The third-order valence-electron chi connectivity index (χ3n) is 3.85. The second kappa shape index (κ2) is 5.60. The Morgan fingerprint density at radius 3 is 3.14 bits per heavy atom. The van der Waals surface area contributed by atoms with Crippen LogP contribution in [0.25, 0.3) is 0 Å². The Labute approximate surface area is 130 Å². The van der Waals surface area contributed by atoms with Gasteiger partial charge in [0.1, 0.15) is 5.82 Å². The minimum atomic E-state index is -0.422. The number of amides is 1. The third-order valence-corrected chi connectivity index (χ3v) is 4.55. The van der Waals surface area contributed by atoms with Crippen molar-refractivity contribution in [3.63, 3.8) is 0 Å². The van der Waals surface area contributed by atoms with Gasteiger partial charge in [0.15, 0.2) is 0 Å². The molecule has 0 radical (unpaired) electrons. The predicted molar refractivity (Wildman–Crippen MR) is 80.5 cm³/mol. The number of halogens is 2. The van der Waals surface area contributed by atoms with Gasteiger partial charge in [-0.05, 0) is 53.4 Å². The molecule has 0 fully saturated rings. The van der Waals surface area contributed by atoms with Crippen LogP contribution in [-0.4, -0.2) is 15.7 Å². The van der Waals surface area contributed by atoms with Crippen LogP contribution in [-0.2, 0) is 13.5 Å². The largest absolute Gasteiger partial charge is 0.345 e. The average molecular weight is 352 g/mol. The minimum absolute atomic E-state index is 0.0647. The topological polar surface area (TPSA) is 46.9 Å². The first-order valence-corrected chi connectivity index (χ1v) is 7.62. The van der Waals surface area contributed by atoms with Crippen molar-refractivity contribution in [2.45, 2.75) is 25.3 Å². The van der Waals surface area contributed by atoms with E-state index in [-0.39, 0.29) is 11.9 Å². The molecule has 0 aliphatic heterocycles. The van der Waals surface area contributed by atoms with Crippen molar-refractivity contribution >= 4 is 21.8 Å². The van der Waals surface area contributed by atoms with Crippen LogP contribution in [0.1, 0.15) is 40.5 Å². The number of hydrogen-bond acceptors (Lipinski definition) is 2. The van der Waals surface area contributed by atoms with Crippen molar-refractivity contribution in [1.82, 2.24) is 15.1 Å². The molecule has 21 heavy (non-hydrogen) atoms. The van der Waals surface area contributed by atoms with Gasteiger partial charge >= 0.3 is 0 Å². The maximum absolute atomic E-state index is 13.3. The monoisotopic (exact) mass is 351 g/mol. The third kappa shape index (κ3) is 2.72. The molecule has 1 aromatic heterocycles. The van der Waals surface area contributed by atoms with Gasteiger partial charge in [0.05, 0.1) is 17.8 Å². The van der Waals surface area contributed by atoms with Crippen LogP contribution in [0.15, 0.2) is 28.9 Å². The molecule has 1 unspecified atom stereocenters. The molecule has 2 aromatic rings. The van der Waals surface area contributed by atoms with Crippen LogP contribution in [0.2, 0.25) is 0 Å². The van der Waals surface area contributed by atoms with Gasteiger partial charge in [-0.15, -0.1) is 0 Å². The van der Waals surface area contributed by atoms with Crippen LogP contribution in [0.3, 0.4) is 0 Å². The minimum Gasteiger partial charge on any atom is -0.345 e. The van der Waals surface area contributed by atoms with Crippen LogP contribution < -0.4 is 5.32 Å². The summed E-state index contributed by atoms with van der Waals surface area (Å²) in [4.78, 5) is 12.4. The second-order valence-electron chi connectivity index (χ2n) is 5.21. The highest BCUT2D eigenvalue weighted by Crippen LogP contribution is 2.30. The highest BCUT2D eigenvalue weighted by molar-refractivity contribution is 9.10. The molecule has 110 valence electrons. The summed E-state index contributed by atoms with van der Waals surface area (Å²) in [6.07, 6.45) is 4.65. The molecule has 4 nitrogen and oxygen atoms in total. The first-order valence-electron chi connectivity index (χ1n) is 6.83. The normalized spacial score (nSPS) is 17.4. The lowest BCUT2D eigenvalue weighted by molar-refractivity contribution is 0.0931. The number of carbonyl (C=O) groups is 1. The molecular formula is C15H15BrFN3O. The van der Waals surface area contributed by atoms with E-state index in [2.05, 4.69) is 26.3 Å². The SMILES string of the molecule is Cn1ncc2c1CCCC2NC(=O)c1cc(F)ccc1Br. The van der Waals surface area contributed by atoms with Gasteiger partial charge < -0.3 is 5.32 Å². The van der Waals surface area contributed by atoms with E-state index in [0.717, 1.165) is 30.5 Å². The number of aryl methyl sites for hydroxylation is 1. The smallest absolute Gasteiger partial charge is 0.253 e. The molecule has 1 heterocycles. The zero-order valence-electron chi connectivity index (χ0n) is 11.6. The van der Waals surface area contributed by atoms with Crippen LogP contribution in [0, 0.1) is 5.82 Å². The summed E-state index contributed by atoms with van der Waals surface area (Å²) >= 11 is 3.29. The lowest BCUT2D eigenvalue weighted by Gasteiger charge is -2.24. The summed E-state index contributed by atoms with van der Waals surface area (Å²) in [5, 5.41) is 7.24. The van der Waals surface area contributed by atoms with E-state index >= 15 is 0 Å². The van der Waals surface area contributed by atoms with Gasteiger partial charge in [-0.25, -0.2) is 4.39 Å². The number of carbonyl (C=O) groups excluding carboxylic acids is 1. The highest BCUT2D eigenvalue weighted by Gasteiger charge is 2.25. The number of nitrogens with zero attached hydrogens (tertiary/aromatic N) is 2. The van der Waals surface area contributed by atoms with Crippen molar-refractivity contribution in [2.24, 2.45) is 7.05 Å². The second-order valence-corrected chi connectivity index (χ2v) is 6.07. The highest BCUT2D eigenvalue weighted by atomic mass is 79.9. The summed E-state index contributed by atoms with van der Waals surface area (Å²) in [7, 11) is 1.91. The van der Waals surface area contributed by atoms with Crippen molar-refractivity contribution in [1.29, 1.82) is 0 Å². The van der Waals surface area contributed by atoms with Gasteiger partial charge in [0.2, 0.25) is 0 Å². The van der Waals surface area contributed by atoms with Crippen LogP contribution in [0.5, 0.6) is 0 Å². The molecule has 6 heteroatoms. The molecule has 3 rings (SSSR count). The van der Waals surface area contributed by atoms with E-state index in [4.69, 9.17) is 0 Å². The van der Waals surface area contributed by atoms with E-state index in [1.807, 2.05) is 11.7 Å². The van der Waals surface area contributed by atoms with Gasteiger partial charge in [0, 0.05) is 22.8 Å². The number of nitrogens with one attached hydrogen (secondary N) is 1. The fourth-order valence-electron chi connectivity index (χ4n) is 2.76. The van der Waals surface area contributed by atoms with Crippen molar-refractivity contribution in [3.8, 4) is 0 Å². The van der Waals surface area contributed by atoms with Crippen LogP contribution >= 0.6 is 15.9 Å². The predicted octanol–water partition coefficient (Wildman–Crippen LogP) is 3.13. The first-order chi connectivity index (χ1) is 10.1. The van der Waals surface area contributed by atoms with E-state index in [9.17, 15) is 9.18 Å². The number of aromatic nitrogens is 2. The summed E-state index contributed by atoms with van der Waals surface area (Å²) < 4.78 is 15.8. The number of benzene rings is 1. The molecular weight excluding hydrogens is 337 g/mol. The van der Waals surface area contributed by atoms with Crippen molar-refractivity contribution in [2.75, 3.05) is 0 Å². The molecule has 1 aliphatic rings. The Morgan fingerprint density at radius 2 is 2.33 bits per heavy atom. The molecule has 1 atom stereocenters. The van der Waals surface area contributed by atoms with E-state index < -0.39 is 5.82 Å². The van der Waals surface area contributed by atoms with Gasteiger partial charge in [0.25, 0.3) is 5.91 Å². The van der Waals surface area contributed by atoms with Gasteiger partial charge in [-0.3, -0.25) is 9.48 Å². The summed E-state index contributed by atoms with van der Waals surface area (Å²) in [6.45, 7) is 0. The van der Waals surface area contributed by atoms with E-state index in [0.29, 0.717) is 10.0 Å². The molecule has 0 spiro atoms. The Hall–Kier alpha value is -1.69.